The molecule has 0 amide bonds. The Labute approximate surface area is 389 Å². The molecule has 0 saturated carbocycles. The summed E-state index contributed by atoms with van der Waals surface area (Å²) in [6, 6.07) is 0. The minimum Gasteiger partial charge on any atom is -0.702 e. The van der Waals surface area contributed by atoms with Crippen molar-refractivity contribution in [1.82, 2.24) is 0 Å². The summed E-state index contributed by atoms with van der Waals surface area (Å²) < 4.78 is 0. The molecular formula is C40H72N16Zr2. The van der Waals surface area contributed by atoms with E-state index in [0.717, 1.165) is 0 Å². The van der Waals surface area contributed by atoms with Gasteiger partial charge in [0.05, 0.1) is 0 Å². The van der Waals surface area contributed by atoms with E-state index in [-0.39, 0.29) is 52.4 Å². The van der Waals surface area contributed by atoms with Gasteiger partial charge in [0, 0.05) is 45.7 Å². The van der Waals surface area contributed by atoms with E-state index < -0.39 is 0 Å². The summed E-state index contributed by atoms with van der Waals surface area (Å²) in [7, 11) is 0. The zero-order valence-corrected chi connectivity index (χ0v) is 42.5. The topological polar surface area (TPSA) is 381 Å². The molecule has 0 spiro atoms. The Bertz CT molecular complexity index is 1140. The van der Waals surface area contributed by atoms with E-state index in [4.69, 9.17) is 89.1 Å². The summed E-state index contributed by atoms with van der Waals surface area (Å²) >= 11 is 0. The maximum absolute atomic E-state index is 6.83. The molecule has 16 N–H and O–H groups in total. The molecule has 0 heterocycles. The van der Waals surface area contributed by atoms with Crippen LogP contribution in [-0.4, -0.2) is 45.7 Å². The van der Waals surface area contributed by atoms with Crippen LogP contribution >= 0.6 is 0 Å². The van der Waals surface area contributed by atoms with Gasteiger partial charge in [-0.25, -0.2) is 0 Å². The Morgan fingerprint density at radius 1 is 0.207 bits per heavy atom. The SMILES string of the molecule is CC(=N)/C=C(/C)[NH-].CC(=N)/C=C(/C)[NH-].CC(=N)/C=C(/C)[NH-].CC(=N)/C=C(/C)[NH-].CC(=N)/C=C(/C)[NH-].CC(=N)/C=C(/C)[NH-].CC(=N)/C=C(/C)[NH-].CC(=N)/C=C(/C)[NH-].[Zr+4].[Zr+4]. The van der Waals surface area contributed by atoms with Crippen molar-refractivity contribution >= 4 is 45.7 Å². The van der Waals surface area contributed by atoms with Gasteiger partial charge in [-0.1, -0.05) is 104 Å². The Morgan fingerprint density at radius 3 is 0.259 bits per heavy atom. The molecule has 0 radical (unpaired) electrons. The monoisotopic (exact) mass is 956 g/mol. The van der Waals surface area contributed by atoms with Crippen LogP contribution in [-0.2, 0) is 52.4 Å². The molecule has 16 nitrogen and oxygen atoms in total. The van der Waals surface area contributed by atoms with E-state index >= 15 is 0 Å². The molecular weight excluding hydrogens is 887 g/mol. The van der Waals surface area contributed by atoms with Crippen LogP contribution in [0, 0.1) is 43.3 Å². The van der Waals surface area contributed by atoms with Crippen molar-refractivity contribution in [2.45, 2.75) is 111 Å². The summed E-state index contributed by atoms with van der Waals surface area (Å²) in [6.45, 7) is 26.4. The van der Waals surface area contributed by atoms with Gasteiger partial charge in [-0.15, -0.1) is 0 Å². The molecule has 320 valence electrons. The number of rotatable bonds is 8. The zero-order valence-electron chi connectivity index (χ0n) is 37.6. The second-order valence-electron chi connectivity index (χ2n) is 12.1. The van der Waals surface area contributed by atoms with Gasteiger partial charge in [-0.3, -0.25) is 0 Å². The standard InChI is InChI=1S/8C5H9N2.2Zr/c8*1-4(6)3-5(2)7;;/h8*3,6-7H,1-2H3;;/q8*-1;2*+4/b8*4-3-,7-5?;;. The smallest absolute Gasteiger partial charge is 0.702 e. The first-order chi connectivity index (χ1) is 25.0. The van der Waals surface area contributed by atoms with Gasteiger partial charge >= 0.3 is 52.4 Å². The maximum Gasteiger partial charge on any atom is 4.00 e. The molecule has 0 atom stereocenters. The van der Waals surface area contributed by atoms with Gasteiger partial charge in [-0.05, 0) is 55.4 Å². The van der Waals surface area contributed by atoms with Crippen molar-refractivity contribution in [3.8, 4) is 0 Å². The first-order valence-corrected chi connectivity index (χ1v) is 16.6. The summed E-state index contributed by atoms with van der Waals surface area (Å²) in [5.74, 6) is 0. The van der Waals surface area contributed by atoms with Crippen molar-refractivity contribution in [2.24, 2.45) is 0 Å². The Kier molecular flexibility index (Phi) is 70.4. The third kappa shape index (κ3) is 174. The molecule has 0 rings (SSSR count). The predicted molar refractivity (Wildman–Crippen MR) is 252 cm³/mol. The van der Waals surface area contributed by atoms with Crippen LogP contribution in [0.15, 0.2) is 94.2 Å². The minimum atomic E-state index is 0. The average molecular weight is 960 g/mol. The van der Waals surface area contributed by atoms with Crippen molar-refractivity contribution in [3.05, 3.63) is 140 Å². The van der Waals surface area contributed by atoms with Crippen LogP contribution in [0.4, 0.5) is 0 Å². The van der Waals surface area contributed by atoms with E-state index in [1.807, 2.05) is 0 Å². The first kappa shape index (κ1) is 77.9. The van der Waals surface area contributed by atoms with E-state index in [1.54, 1.807) is 111 Å². The predicted octanol–water partition coefficient (Wildman–Crippen LogP) is 15.9. The Morgan fingerprint density at radius 2 is 0.259 bits per heavy atom. The Balaban J connectivity index is -0.0000000565. The van der Waals surface area contributed by atoms with Gasteiger partial charge < -0.3 is 89.1 Å². The van der Waals surface area contributed by atoms with Crippen molar-refractivity contribution < 1.29 is 52.4 Å². The van der Waals surface area contributed by atoms with E-state index in [9.17, 15) is 0 Å². The quantitative estimate of drug-likeness (QED) is 0.105. The van der Waals surface area contributed by atoms with Crippen LogP contribution in [0.25, 0.3) is 45.9 Å². The van der Waals surface area contributed by atoms with E-state index in [2.05, 4.69) is 0 Å². The molecule has 0 aromatic carbocycles. The normalized spacial score (nSPS) is 11.0. The van der Waals surface area contributed by atoms with E-state index in [0.29, 0.717) is 91.3 Å². The van der Waals surface area contributed by atoms with Crippen LogP contribution < -0.4 is 0 Å². The molecule has 0 aliphatic heterocycles. The minimum absolute atomic E-state index is 0. The molecule has 0 fully saturated rings. The van der Waals surface area contributed by atoms with Crippen molar-refractivity contribution in [1.29, 1.82) is 43.3 Å². The third-order valence-corrected chi connectivity index (χ3v) is 3.46. The van der Waals surface area contributed by atoms with Gasteiger partial charge in [0.15, 0.2) is 0 Å². The Hall–Kier alpha value is -4.55. The second-order valence-corrected chi connectivity index (χ2v) is 12.1. The zero-order chi connectivity index (χ0) is 46.9. The third-order valence-electron chi connectivity index (χ3n) is 3.46. The molecule has 18 heteroatoms. The number of nitrogens with one attached hydrogen (secondary N) is 16. The average Bonchev–Trinajstić information content (AvgIpc) is 2.84. The van der Waals surface area contributed by atoms with Crippen molar-refractivity contribution in [3.63, 3.8) is 0 Å². The van der Waals surface area contributed by atoms with Gasteiger partial charge in [0.25, 0.3) is 0 Å². The van der Waals surface area contributed by atoms with Crippen LogP contribution in [0.2, 0.25) is 0 Å². The fraction of sp³-hybridized carbons (Fsp3) is 0.400. The molecule has 0 aromatic rings. The molecule has 58 heavy (non-hydrogen) atoms. The molecule has 0 bridgehead atoms. The molecule has 0 aliphatic carbocycles. The van der Waals surface area contributed by atoms with Crippen LogP contribution in [0.5, 0.6) is 0 Å². The fourth-order valence-corrected chi connectivity index (χ4v) is 2.60. The summed E-state index contributed by atoms with van der Waals surface area (Å²) in [5.41, 5.74) is 61.6. The fourth-order valence-electron chi connectivity index (χ4n) is 2.60. The molecule has 0 saturated heterocycles. The number of allylic oxidation sites excluding steroid dienone is 16. The summed E-state index contributed by atoms with van der Waals surface area (Å²) in [5, 5.41) is 54.6. The molecule has 0 aliphatic rings. The first-order valence-electron chi connectivity index (χ1n) is 16.6. The maximum atomic E-state index is 6.83. The largest absolute Gasteiger partial charge is 4.00 e. The second kappa shape index (κ2) is 52.4. The van der Waals surface area contributed by atoms with Crippen molar-refractivity contribution in [2.75, 3.05) is 0 Å². The van der Waals surface area contributed by atoms with Crippen LogP contribution in [0.3, 0.4) is 0 Å². The number of hydrogen-bond acceptors (Lipinski definition) is 8. The molecule has 0 unspecified atom stereocenters. The van der Waals surface area contributed by atoms with Gasteiger partial charge in [-0.2, -0.15) is 45.6 Å². The summed E-state index contributed by atoms with van der Waals surface area (Å²) in [4.78, 5) is 0. The van der Waals surface area contributed by atoms with Crippen LogP contribution in [0.1, 0.15) is 111 Å². The van der Waals surface area contributed by atoms with Gasteiger partial charge in [0.2, 0.25) is 0 Å². The summed E-state index contributed by atoms with van der Waals surface area (Å²) in [6.07, 6.45) is 12.0. The van der Waals surface area contributed by atoms with Gasteiger partial charge in [0.1, 0.15) is 0 Å². The van der Waals surface area contributed by atoms with E-state index in [1.165, 1.54) is 48.6 Å². The number of hydrogen-bond donors (Lipinski definition) is 8. The molecule has 0 aromatic heterocycles.